The van der Waals surface area contributed by atoms with Crippen molar-refractivity contribution in [2.24, 2.45) is 0 Å². The quantitative estimate of drug-likeness (QED) is 0.851. The van der Waals surface area contributed by atoms with Crippen molar-refractivity contribution in [1.29, 1.82) is 0 Å². The normalized spacial score (nSPS) is 16.6. The van der Waals surface area contributed by atoms with Crippen molar-refractivity contribution in [3.8, 4) is 0 Å². The van der Waals surface area contributed by atoms with E-state index in [-0.39, 0.29) is 24.0 Å². The summed E-state index contributed by atoms with van der Waals surface area (Å²) in [7, 11) is 0. The molecule has 0 saturated heterocycles. The summed E-state index contributed by atoms with van der Waals surface area (Å²) < 4.78 is 0. The number of hydrogen-bond donors (Lipinski definition) is 2. The van der Waals surface area contributed by atoms with E-state index in [9.17, 15) is 14.4 Å². The number of anilines is 2. The first-order valence-electron chi connectivity index (χ1n) is 6.70. The monoisotopic (exact) mass is 315 g/mol. The lowest BCUT2D eigenvalue weighted by atomic mass is 9.90. The van der Waals surface area contributed by atoms with Gasteiger partial charge in [-0.2, -0.15) is 0 Å². The lowest BCUT2D eigenvalue weighted by Gasteiger charge is -2.24. The van der Waals surface area contributed by atoms with E-state index in [1.165, 1.54) is 18.3 Å². The summed E-state index contributed by atoms with van der Waals surface area (Å²) in [4.78, 5) is 39.5. The van der Waals surface area contributed by atoms with Crippen LogP contribution in [-0.4, -0.2) is 22.6 Å². The molecular weight excluding hydrogens is 302 g/mol. The van der Waals surface area contributed by atoms with Gasteiger partial charge in [0, 0.05) is 24.4 Å². The summed E-state index contributed by atoms with van der Waals surface area (Å²) in [6, 6.07) is 7.22. The molecule has 1 aromatic heterocycles. The zero-order chi connectivity index (χ0) is 15.7. The van der Waals surface area contributed by atoms with Gasteiger partial charge in [-0.05, 0) is 11.6 Å². The Balaban J connectivity index is 1.82. The van der Waals surface area contributed by atoms with Crippen LogP contribution in [-0.2, 0) is 9.59 Å². The van der Waals surface area contributed by atoms with Gasteiger partial charge in [0.1, 0.15) is 5.69 Å². The first kappa shape index (κ1) is 14.4. The molecule has 2 aromatic rings. The Morgan fingerprint density at radius 3 is 2.86 bits per heavy atom. The number of carbonyl (C=O) groups is 3. The second-order valence-corrected chi connectivity index (χ2v) is 5.83. The highest BCUT2D eigenvalue weighted by Crippen LogP contribution is 2.33. The zero-order valence-corrected chi connectivity index (χ0v) is 12.6. The minimum absolute atomic E-state index is 0.0911. The van der Waals surface area contributed by atoms with Crippen LogP contribution in [0.3, 0.4) is 0 Å². The Morgan fingerprint density at radius 1 is 1.36 bits per heavy atom. The van der Waals surface area contributed by atoms with Gasteiger partial charge in [-0.1, -0.05) is 18.2 Å². The van der Waals surface area contributed by atoms with Crippen LogP contribution in [0, 0.1) is 0 Å². The average molecular weight is 315 g/mol. The molecule has 0 saturated carbocycles. The second kappa shape index (κ2) is 5.69. The van der Waals surface area contributed by atoms with Gasteiger partial charge in [-0.3, -0.25) is 14.4 Å². The summed E-state index contributed by atoms with van der Waals surface area (Å²) in [5.41, 5.74) is 1.76. The molecule has 0 radical (unpaired) electrons. The fraction of sp³-hybridized carbons (Fsp3) is 0.200. The number of nitrogens with one attached hydrogen (secondary N) is 2. The van der Waals surface area contributed by atoms with Gasteiger partial charge in [0.05, 0.1) is 5.92 Å². The number of ketones is 1. The van der Waals surface area contributed by atoms with Gasteiger partial charge in [-0.25, -0.2) is 4.98 Å². The van der Waals surface area contributed by atoms with Gasteiger partial charge in [0.25, 0.3) is 0 Å². The molecule has 2 amide bonds. The molecule has 0 aliphatic carbocycles. The molecule has 112 valence electrons. The van der Waals surface area contributed by atoms with Crippen LogP contribution in [0.5, 0.6) is 0 Å². The van der Waals surface area contributed by atoms with Gasteiger partial charge in [0.15, 0.2) is 10.9 Å². The number of fused-ring (bicyclic) bond motifs is 1. The standard InChI is InChI=1S/C15H13N3O3S/c1-8(19)12-7-22-15(17-12)18-14(21)10-6-13(20)16-11-5-3-2-4-9(10)11/h2-5,7,10H,6H2,1H3,(H,16,20)(H,17,18,21)/t10-/m1/s1. The van der Waals surface area contributed by atoms with Crippen LogP contribution in [0.2, 0.25) is 0 Å². The van der Waals surface area contributed by atoms with Crippen LogP contribution in [0.4, 0.5) is 10.8 Å². The molecule has 0 unspecified atom stereocenters. The van der Waals surface area contributed by atoms with Gasteiger partial charge >= 0.3 is 0 Å². The van der Waals surface area contributed by atoms with Crippen molar-refractivity contribution >= 4 is 39.8 Å². The minimum Gasteiger partial charge on any atom is -0.326 e. The predicted octanol–water partition coefficient (Wildman–Crippen LogP) is 2.41. The third kappa shape index (κ3) is 2.75. The van der Waals surface area contributed by atoms with E-state index in [4.69, 9.17) is 0 Å². The van der Waals surface area contributed by atoms with Gasteiger partial charge in [0.2, 0.25) is 11.8 Å². The Hall–Kier alpha value is -2.54. The molecular formula is C15H13N3O3S. The molecule has 1 aliphatic rings. The maximum absolute atomic E-state index is 12.4. The second-order valence-electron chi connectivity index (χ2n) is 4.98. The number of Topliss-reactive ketones (excluding diaryl/α,β-unsaturated/α-hetero) is 1. The van der Waals surface area contributed by atoms with Crippen LogP contribution in [0.15, 0.2) is 29.6 Å². The summed E-state index contributed by atoms with van der Waals surface area (Å²) >= 11 is 1.19. The number of para-hydroxylation sites is 1. The van der Waals surface area contributed by atoms with Crippen LogP contribution < -0.4 is 10.6 Å². The largest absolute Gasteiger partial charge is 0.326 e. The highest BCUT2D eigenvalue weighted by molar-refractivity contribution is 7.14. The summed E-state index contributed by atoms with van der Waals surface area (Å²) in [6.45, 7) is 1.42. The lowest BCUT2D eigenvalue weighted by Crippen LogP contribution is -2.30. The predicted molar refractivity (Wildman–Crippen MR) is 83.2 cm³/mol. The molecule has 0 bridgehead atoms. The number of amides is 2. The summed E-state index contributed by atoms with van der Waals surface area (Å²) in [5.74, 6) is -1.21. The van der Waals surface area contributed by atoms with Crippen molar-refractivity contribution in [3.05, 3.63) is 40.9 Å². The fourth-order valence-corrected chi connectivity index (χ4v) is 3.08. The van der Waals surface area contributed by atoms with Crippen LogP contribution in [0.25, 0.3) is 0 Å². The molecule has 2 N–H and O–H groups in total. The third-order valence-electron chi connectivity index (χ3n) is 3.41. The van der Waals surface area contributed by atoms with Crippen molar-refractivity contribution in [1.82, 2.24) is 4.98 Å². The SMILES string of the molecule is CC(=O)c1csc(NC(=O)[C@@H]2CC(=O)Nc3ccccc32)n1. The van der Waals surface area contributed by atoms with Crippen molar-refractivity contribution in [2.45, 2.75) is 19.3 Å². The molecule has 7 heteroatoms. The first-order chi connectivity index (χ1) is 10.5. The molecule has 1 aromatic carbocycles. The number of thiazole rings is 1. The fourth-order valence-electron chi connectivity index (χ4n) is 2.33. The maximum atomic E-state index is 12.4. The van der Waals surface area contributed by atoms with Crippen molar-refractivity contribution in [3.63, 3.8) is 0 Å². The molecule has 1 atom stereocenters. The Bertz CT molecular complexity index is 769. The number of hydrogen-bond acceptors (Lipinski definition) is 5. The lowest BCUT2D eigenvalue weighted by molar-refractivity contribution is -0.123. The minimum atomic E-state index is -0.561. The van der Waals surface area contributed by atoms with E-state index in [0.29, 0.717) is 16.5 Å². The highest BCUT2D eigenvalue weighted by atomic mass is 32.1. The molecule has 6 nitrogen and oxygen atoms in total. The zero-order valence-electron chi connectivity index (χ0n) is 11.8. The molecule has 0 spiro atoms. The smallest absolute Gasteiger partial charge is 0.234 e. The van der Waals surface area contributed by atoms with Gasteiger partial charge in [-0.15, -0.1) is 11.3 Å². The maximum Gasteiger partial charge on any atom is 0.234 e. The number of rotatable bonds is 3. The van der Waals surface area contributed by atoms with E-state index >= 15 is 0 Å². The van der Waals surface area contributed by atoms with E-state index in [0.717, 1.165) is 5.56 Å². The molecule has 22 heavy (non-hydrogen) atoms. The van der Waals surface area contributed by atoms with E-state index in [1.807, 2.05) is 12.1 Å². The van der Waals surface area contributed by atoms with Crippen molar-refractivity contribution < 1.29 is 14.4 Å². The highest BCUT2D eigenvalue weighted by Gasteiger charge is 2.30. The van der Waals surface area contributed by atoms with Crippen LogP contribution >= 0.6 is 11.3 Å². The number of benzene rings is 1. The van der Waals surface area contributed by atoms with Gasteiger partial charge < -0.3 is 10.6 Å². The Kier molecular flexibility index (Phi) is 3.72. The third-order valence-corrected chi connectivity index (χ3v) is 4.17. The van der Waals surface area contributed by atoms with Crippen molar-refractivity contribution in [2.75, 3.05) is 10.6 Å². The molecule has 3 rings (SSSR count). The Labute approximate surface area is 130 Å². The summed E-state index contributed by atoms with van der Waals surface area (Å²) in [5, 5.41) is 7.39. The molecule has 1 aliphatic heterocycles. The van der Waals surface area contributed by atoms with E-state index < -0.39 is 5.92 Å². The van der Waals surface area contributed by atoms with Crippen LogP contribution in [0.1, 0.15) is 35.3 Å². The topological polar surface area (TPSA) is 88.2 Å². The number of aromatic nitrogens is 1. The first-order valence-corrected chi connectivity index (χ1v) is 7.58. The number of carbonyl (C=O) groups excluding carboxylic acids is 3. The van der Waals surface area contributed by atoms with E-state index in [1.54, 1.807) is 17.5 Å². The molecule has 0 fully saturated rings. The number of nitrogens with zero attached hydrogens (tertiary/aromatic N) is 1. The summed E-state index contributed by atoms with van der Waals surface area (Å²) in [6.07, 6.45) is 0.0911. The average Bonchev–Trinajstić information content (AvgIpc) is 2.95. The molecule has 2 heterocycles. The van der Waals surface area contributed by atoms with E-state index in [2.05, 4.69) is 15.6 Å². The Morgan fingerprint density at radius 2 is 2.14 bits per heavy atom.